The van der Waals surface area contributed by atoms with Crippen molar-refractivity contribution in [1.29, 1.82) is 0 Å². The standard InChI is InChI=1S/C24H25N3O2S/c28-22-13-6-14-27(22)17-20-11-5-4-10-19(20)16-25-24(29)26-23(21-12-7-15-30-21)18-8-2-1-3-9-18/h1-5,7-12,15,23H,6,13-14,16-17H2,(H2,25,26,29). The number of carbonyl (C=O) groups excluding carboxylic acids is 2. The van der Waals surface area contributed by atoms with Crippen LogP contribution in [0.5, 0.6) is 0 Å². The Bertz CT molecular complexity index is 989. The molecule has 1 aromatic heterocycles. The van der Waals surface area contributed by atoms with Crippen molar-refractivity contribution in [3.05, 3.63) is 93.7 Å². The fraction of sp³-hybridized carbons (Fsp3) is 0.250. The number of amides is 3. The zero-order valence-corrected chi connectivity index (χ0v) is 17.5. The van der Waals surface area contributed by atoms with Gasteiger partial charge in [0.25, 0.3) is 0 Å². The van der Waals surface area contributed by atoms with E-state index in [9.17, 15) is 9.59 Å². The maximum atomic E-state index is 12.7. The molecule has 2 N–H and O–H groups in total. The normalized spacial score (nSPS) is 14.5. The number of likely N-dealkylation sites (tertiary alicyclic amines) is 1. The predicted octanol–water partition coefficient (Wildman–Crippen LogP) is 4.46. The van der Waals surface area contributed by atoms with E-state index in [0.717, 1.165) is 34.5 Å². The van der Waals surface area contributed by atoms with Crippen molar-refractivity contribution in [2.45, 2.75) is 32.0 Å². The highest BCUT2D eigenvalue weighted by molar-refractivity contribution is 7.10. The fourth-order valence-electron chi connectivity index (χ4n) is 3.74. The van der Waals surface area contributed by atoms with Gasteiger partial charge in [-0.15, -0.1) is 11.3 Å². The molecule has 0 bridgehead atoms. The molecular formula is C24H25N3O2S. The van der Waals surface area contributed by atoms with Crippen LogP contribution in [0.1, 0.15) is 40.5 Å². The van der Waals surface area contributed by atoms with Crippen LogP contribution in [0.2, 0.25) is 0 Å². The van der Waals surface area contributed by atoms with Crippen molar-refractivity contribution in [1.82, 2.24) is 15.5 Å². The number of carbonyl (C=O) groups is 2. The number of thiophene rings is 1. The Morgan fingerprint density at radius 2 is 1.77 bits per heavy atom. The SMILES string of the molecule is O=C(NCc1ccccc1CN1CCCC1=O)NC(c1ccccc1)c1cccs1. The van der Waals surface area contributed by atoms with Crippen LogP contribution in [-0.2, 0) is 17.9 Å². The second-order valence-electron chi connectivity index (χ2n) is 7.37. The Morgan fingerprint density at radius 3 is 2.47 bits per heavy atom. The molecule has 0 spiro atoms. The zero-order chi connectivity index (χ0) is 20.8. The van der Waals surface area contributed by atoms with Gasteiger partial charge in [0.1, 0.15) is 0 Å². The number of hydrogen-bond donors (Lipinski definition) is 2. The molecule has 1 saturated heterocycles. The largest absolute Gasteiger partial charge is 0.338 e. The number of benzene rings is 2. The summed E-state index contributed by atoms with van der Waals surface area (Å²) in [6.45, 7) is 1.82. The van der Waals surface area contributed by atoms with Gasteiger partial charge in [-0.05, 0) is 34.6 Å². The lowest BCUT2D eigenvalue weighted by molar-refractivity contribution is -0.128. The molecule has 6 heteroatoms. The van der Waals surface area contributed by atoms with Crippen LogP contribution >= 0.6 is 11.3 Å². The van der Waals surface area contributed by atoms with Crippen molar-refractivity contribution >= 4 is 23.3 Å². The van der Waals surface area contributed by atoms with E-state index in [0.29, 0.717) is 19.5 Å². The molecule has 1 fully saturated rings. The summed E-state index contributed by atoms with van der Waals surface area (Å²) in [5.74, 6) is 0.206. The molecule has 0 aliphatic carbocycles. The van der Waals surface area contributed by atoms with Gasteiger partial charge in [0.05, 0.1) is 6.04 Å². The van der Waals surface area contributed by atoms with Crippen LogP contribution in [0.25, 0.3) is 0 Å². The number of nitrogens with one attached hydrogen (secondary N) is 2. The summed E-state index contributed by atoms with van der Waals surface area (Å²) in [5, 5.41) is 8.10. The third-order valence-corrected chi connectivity index (χ3v) is 6.26. The maximum absolute atomic E-state index is 12.7. The smallest absolute Gasteiger partial charge is 0.315 e. The second kappa shape index (κ2) is 9.59. The highest BCUT2D eigenvalue weighted by Gasteiger charge is 2.21. The van der Waals surface area contributed by atoms with Gasteiger partial charge in [0.2, 0.25) is 5.91 Å². The number of rotatable bonds is 7. The minimum Gasteiger partial charge on any atom is -0.338 e. The minimum absolute atomic E-state index is 0.191. The molecule has 30 heavy (non-hydrogen) atoms. The average Bonchev–Trinajstić information content (AvgIpc) is 3.44. The first-order valence-electron chi connectivity index (χ1n) is 10.2. The summed E-state index contributed by atoms with van der Waals surface area (Å²) >= 11 is 1.62. The maximum Gasteiger partial charge on any atom is 0.315 e. The van der Waals surface area contributed by atoms with E-state index >= 15 is 0 Å². The fourth-order valence-corrected chi connectivity index (χ4v) is 4.54. The molecule has 2 heterocycles. The molecule has 0 radical (unpaired) electrons. The minimum atomic E-state index is -0.218. The summed E-state index contributed by atoms with van der Waals surface area (Å²) in [6, 6.07) is 21.5. The number of urea groups is 1. The third kappa shape index (κ3) is 4.89. The van der Waals surface area contributed by atoms with Crippen LogP contribution in [0.3, 0.4) is 0 Å². The summed E-state index contributed by atoms with van der Waals surface area (Å²) in [4.78, 5) is 27.7. The van der Waals surface area contributed by atoms with Gasteiger partial charge in [0, 0.05) is 30.9 Å². The van der Waals surface area contributed by atoms with Crippen molar-refractivity contribution in [3.63, 3.8) is 0 Å². The highest BCUT2D eigenvalue weighted by Crippen LogP contribution is 2.26. The van der Waals surface area contributed by atoms with Crippen LogP contribution in [-0.4, -0.2) is 23.4 Å². The first-order valence-corrected chi connectivity index (χ1v) is 11.1. The van der Waals surface area contributed by atoms with Crippen molar-refractivity contribution in [3.8, 4) is 0 Å². The average molecular weight is 420 g/mol. The quantitative estimate of drug-likeness (QED) is 0.594. The van der Waals surface area contributed by atoms with E-state index in [1.54, 1.807) is 11.3 Å². The van der Waals surface area contributed by atoms with Crippen molar-refractivity contribution in [2.75, 3.05) is 6.54 Å². The number of hydrogen-bond acceptors (Lipinski definition) is 3. The summed E-state index contributed by atoms with van der Waals surface area (Å²) in [5.41, 5.74) is 3.15. The first kappa shape index (κ1) is 20.2. The van der Waals surface area contributed by atoms with Crippen molar-refractivity contribution < 1.29 is 9.59 Å². The molecule has 3 aromatic rings. The lowest BCUT2D eigenvalue weighted by Gasteiger charge is -2.20. The van der Waals surface area contributed by atoms with Crippen LogP contribution < -0.4 is 10.6 Å². The van der Waals surface area contributed by atoms with Gasteiger partial charge in [-0.25, -0.2) is 4.79 Å². The number of nitrogens with zero attached hydrogens (tertiary/aromatic N) is 1. The van der Waals surface area contributed by atoms with Gasteiger partial charge >= 0.3 is 6.03 Å². The Labute approximate surface area is 180 Å². The predicted molar refractivity (Wildman–Crippen MR) is 119 cm³/mol. The monoisotopic (exact) mass is 419 g/mol. The third-order valence-electron chi connectivity index (χ3n) is 5.33. The van der Waals surface area contributed by atoms with Gasteiger partial charge in [-0.2, -0.15) is 0 Å². The molecule has 154 valence electrons. The van der Waals surface area contributed by atoms with E-state index in [2.05, 4.69) is 10.6 Å². The van der Waals surface area contributed by atoms with E-state index in [-0.39, 0.29) is 18.0 Å². The van der Waals surface area contributed by atoms with E-state index in [4.69, 9.17) is 0 Å². The Morgan fingerprint density at radius 1 is 1.00 bits per heavy atom. The van der Waals surface area contributed by atoms with E-state index in [1.807, 2.05) is 77.0 Å². The first-order chi connectivity index (χ1) is 14.7. The molecule has 3 amide bonds. The Hall–Kier alpha value is -3.12. The highest BCUT2D eigenvalue weighted by atomic mass is 32.1. The molecule has 0 saturated carbocycles. The molecule has 5 nitrogen and oxygen atoms in total. The van der Waals surface area contributed by atoms with Gasteiger partial charge in [-0.3, -0.25) is 4.79 Å². The topological polar surface area (TPSA) is 61.4 Å². The summed E-state index contributed by atoms with van der Waals surface area (Å²) in [7, 11) is 0. The van der Waals surface area contributed by atoms with E-state index in [1.165, 1.54) is 0 Å². The second-order valence-corrected chi connectivity index (χ2v) is 8.35. The van der Waals surface area contributed by atoms with Crippen LogP contribution in [0.4, 0.5) is 4.79 Å². The van der Waals surface area contributed by atoms with Gasteiger partial charge < -0.3 is 15.5 Å². The molecule has 2 aromatic carbocycles. The van der Waals surface area contributed by atoms with Crippen molar-refractivity contribution in [2.24, 2.45) is 0 Å². The molecule has 4 rings (SSSR count). The molecule has 1 aliphatic heterocycles. The molecule has 1 unspecified atom stereocenters. The molecular weight excluding hydrogens is 394 g/mol. The van der Waals surface area contributed by atoms with Gasteiger partial charge in [-0.1, -0.05) is 60.7 Å². The Balaban J connectivity index is 1.41. The summed E-state index contributed by atoms with van der Waals surface area (Å²) in [6.07, 6.45) is 1.55. The van der Waals surface area contributed by atoms with Gasteiger partial charge in [0.15, 0.2) is 0 Å². The Kier molecular flexibility index (Phi) is 6.44. The molecule has 1 aliphatic rings. The van der Waals surface area contributed by atoms with E-state index < -0.39 is 0 Å². The zero-order valence-electron chi connectivity index (χ0n) is 16.7. The summed E-state index contributed by atoms with van der Waals surface area (Å²) < 4.78 is 0. The van der Waals surface area contributed by atoms with Crippen LogP contribution in [0, 0.1) is 0 Å². The lowest BCUT2D eigenvalue weighted by Crippen LogP contribution is -2.38. The molecule has 1 atom stereocenters. The van der Waals surface area contributed by atoms with Crippen LogP contribution in [0.15, 0.2) is 72.1 Å². The lowest BCUT2D eigenvalue weighted by atomic mass is 10.1.